The summed E-state index contributed by atoms with van der Waals surface area (Å²) < 4.78 is 6.47. The lowest BCUT2D eigenvalue weighted by Crippen LogP contribution is -2.36. The van der Waals surface area contributed by atoms with Crippen LogP contribution < -0.4 is 15.8 Å². The highest BCUT2D eigenvalue weighted by atomic mass is 16.5. The quantitative estimate of drug-likeness (QED) is 0.751. The zero-order chi connectivity index (χ0) is 15.1. The van der Waals surface area contributed by atoms with Gasteiger partial charge in [-0.25, -0.2) is 4.68 Å². The average Bonchev–Trinajstić information content (AvgIpc) is 2.48. The molecular weight excluding hydrogens is 268 g/mol. The van der Waals surface area contributed by atoms with Crippen LogP contribution in [0.15, 0.2) is 17.1 Å². The summed E-state index contributed by atoms with van der Waals surface area (Å²) in [5.41, 5.74) is 0.925. The number of anilines is 1. The highest BCUT2D eigenvalue weighted by molar-refractivity contribution is 5.43. The molecule has 0 saturated carbocycles. The minimum Gasteiger partial charge on any atom is -0.383 e. The first-order valence-electron chi connectivity index (χ1n) is 7.72. The number of ether oxygens (including phenoxy) is 1. The third-order valence-corrected chi connectivity index (χ3v) is 3.86. The monoisotopic (exact) mass is 294 g/mol. The third kappa shape index (κ3) is 4.82. The molecule has 1 aromatic heterocycles. The van der Waals surface area contributed by atoms with Gasteiger partial charge in [-0.1, -0.05) is 6.92 Å². The van der Waals surface area contributed by atoms with Crippen molar-refractivity contribution in [2.24, 2.45) is 5.92 Å². The number of aromatic nitrogens is 2. The maximum absolute atomic E-state index is 12.1. The molecule has 0 amide bonds. The van der Waals surface area contributed by atoms with Crippen molar-refractivity contribution in [1.29, 1.82) is 0 Å². The molecule has 0 aliphatic carbocycles. The normalized spacial score (nSPS) is 19.0. The Kier molecular flexibility index (Phi) is 6.20. The minimum atomic E-state index is -0.0285. The van der Waals surface area contributed by atoms with Crippen molar-refractivity contribution in [3.63, 3.8) is 0 Å². The molecule has 6 heteroatoms. The molecule has 0 aromatic carbocycles. The van der Waals surface area contributed by atoms with Crippen LogP contribution in [0.4, 0.5) is 5.69 Å². The van der Waals surface area contributed by atoms with Crippen LogP contribution in [0.3, 0.4) is 0 Å². The molecule has 6 nitrogen and oxygen atoms in total. The zero-order valence-corrected chi connectivity index (χ0v) is 13.0. The van der Waals surface area contributed by atoms with E-state index in [1.807, 2.05) is 6.20 Å². The van der Waals surface area contributed by atoms with E-state index in [1.165, 1.54) is 17.5 Å². The molecule has 1 fully saturated rings. The van der Waals surface area contributed by atoms with Gasteiger partial charge in [0.25, 0.3) is 5.56 Å². The van der Waals surface area contributed by atoms with E-state index in [-0.39, 0.29) is 5.56 Å². The largest absolute Gasteiger partial charge is 0.383 e. The van der Waals surface area contributed by atoms with Crippen LogP contribution in [-0.2, 0) is 11.3 Å². The summed E-state index contributed by atoms with van der Waals surface area (Å²) in [6.07, 6.45) is 4.27. The Morgan fingerprint density at radius 3 is 3.05 bits per heavy atom. The van der Waals surface area contributed by atoms with Crippen molar-refractivity contribution in [2.75, 3.05) is 44.8 Å². The predicted molar refractivity (Wildman–Crippen MR) is 83.9 cm³/mol. The lowest BCUT2D eigenvalue weighted by Gasteiger charge is -2.32. The van der Waals surface area contributed by atoms with Crippen molar-refractivity contribution in [1.82, 2.24) is 15.1 Å². The smallest absolute Gasteiger partial charge is 0.268 e. The molecule has 2 heterocycles. The van der Waals surface area contributed by atoms with Crippen LogP contribution in [0.1, 0.15) is 19.8 Å². The van der Waals surface area contributed by atoms with Gasteiger partial charge in [-0.2, -0.15) is 5.10 Å². The summed E-state index contributed by atoms with van der Waals surface area (Å²) in [7, 11) is 1.67. The van der Waals surface area contributed by atoms with Gasteiger partial charge in [0.15, 0.2) is 0 Å². The second-order valence-corrected chi connectivity index (χ2v) is 5.71. The van der Waals surface area contributed by atoms with Gasteiger partial charge in [-0.05, 0) is 18.8 Å². The second-order valence-electron chi connectivity index (χ2n) is 5.71. The van der Waals surface area contributed by atoms with E-state index in [4.69, 9.17) is 4.74 Å². The molecule has 1 saturated heterocycles. The van der Waals surface area contributed by atoms with E-state index in [2.05, 4.69) is 22.2 Å². The van der Waals surface area contributed by atoms with Crippen molar-refractivity contribution >= 4 is 5.69 Å². The molecule has 1 aromatic rings. The highest BCUT2D eigenvalue weighted by Crippen LogP contribution is 2.20. The SMILES string of the molecule is COCCNCCn1ncc(N2CCCC(C)C2)cc1=O. The van der Waals surface area contributed by atoms with Crippen LogP contribution in [-0.4, -0.2) is 49.7 Å². The number of methoxy groups -OCH3 is 1. The molecule has 1 atom stereocenters. The van der Waals surface area contributed by atoms with E-state index in [0.29, 0.717) is 19.1 Å². The average molecular weight is 294 g/mol. The first-order chi connectivity index (χ1) is 10.2. The summed E-state index contributed by atoms with van der Waals surface area (Å²) in [5, 5.41) is 7.50. The molecular formula is C15H26N4O2. The van der Waals surface area contributed by atoms with Gasteiger partial charge in [-0.3, -0.25) is 4.79 Å². The molecule has 1 aliphatic rings. The molecule has 0 radical (unpaired) electrons. The Bertz CT molecular complexity index is 489. The Balaban J connectivity index is 1.89. The summed E-state index contributed by atoms with van der Waals surface area (Å²) in [5.74, 6) is 0.686. The molecule has 2 rings (SSSR count). The van der Waals surface area contributed by atoms with E-state index < -0.39 is 0 Å². The van der Waals surface area contributed by atoms with E-state index >= 15 is 0 Å². The number of rotatable bonds is 7. The molecule has 0 spiro atoms. The molecule has 21 heavy (non-hydrogen) atoms. The van der Waals surface area contributed by atoms with Crippen molar-refractivity contribution in [3.05, 3.63) is 22.6 Å². The van der Waals surface area contributed by atoms with Crippen molar-refractivity contribution in [2.45, 2.75) is 26.3 Å². The molecule has 1 aliphatic heterocycles. The summed E-state index contributed by atoms with van der Waals surface area (Å²) in [4.78, 5) is 14.4. The number of nitrogens with zero attached hydrogens (tertiary/aromatic N) is 3. The van der Waals surface area contributed by atoms with Gasteiger partial charge in [0, 0.05) is 39.4 Å². The Hall–Kier alpha value is -1.40. The maximum atomic E-state index is 12.1. The lowest BCUT2D eigenvalue weighted by atomic mass is 10.00. The second kappa shape index (κ2) is 8.14. The molecule has 118 valence electrons. The van der Waals surface area contributed by atoms with Gasteiger partial charge in [0.1, 0.15) is 0 Å². The first-order valence-corrected chi connectivity index (χ1v) is 7.72. The fourth-order valence-electron chi connectivity index (χ4n) is 2.67. The zero-order valence-electron chi connectivity index (χ0n) is 13.0. The van der Waals surface area contributed by atoms with Crippen LogP contribution in [0.25, 0.3) is 0 Å². The number of hydrogen-bond acceptors (Lipinski definition) is 5. The number of hydrogen-bond donors (Lipinski definition) is 1. The Morgan fingerprint density at radius 1 is 1.48 bits per heavy atom. The Labute approximate surface area is 126 Å². The molecule has 1 N–H and O–H groups in total. The van der Waals surface area contributed by atoms with Crippen molar-refractivity contribution in [3.8, 4) is 0 Å². The van der Waals surface area contributed by atoms with E-state index in [1.54, 1.807) is 13.2 Å². The number of nitrogens with one attached hydrogen (secondary N) is 1. The first kappa shape index (κ1) is 16.0. The van der Waals surface area contributed by atoms with Gasteiger partial charge in [0.05, 0.1) is 25.0 Å². The summed E-state index contributed by atoms with van der Waals surface area (Å²) in [6, 6.07) is 1.71. The highest BCUT2D eigenvalue weighted by Gasteiger charge is 2.17. The molecule has 1 unspecified atom stereocenters. The van der Waals surface area contributed by atoms with Gasteiger partial charge in [-0.15, -0.1) is 0 Å². The topological polar surface area (TPSA) is 59.4 Å². The fourth-order valence-corrected chi connectivity index (χ4v) is 2.67. The standard InChI is InChI=1S/C15H26N4O2/c1-13-4-3-7-18(12-13)14-10-15(20)19(17-11-14)8-5-16-6-9-21-2/h10-11,13,16H,3-9,12H2,1-2H3. The predicted octanol–water partition coefficient (Wildman–Crippen LogP) is 0.716. The third-order valence-electron chi connectivity index (χ3n) is 3.86. The lowest BCUT2D eigenvalue weighted by molar-refractivity contribution is 0.199. The van der Waals surface area contributed by atoms with Crippen molar-refractivity contribution < 1.29 is 4.74 Å². The summed E-state index contributed by atoms with van der Waals surface area (Å²) in [6.45, 7) is 7.06. The van der Waals surface area contributed by atoms with Crippen LogP contribution in [0.5, 0.6) is 0 Å². The fraction of sp³-hybridized carbons (Fsp3) is 0.733. The summed E-state index contributed by atoms with van der Waals surface area (Å²) >= 11 is 0. The van der Waals surface area contributed by atoms with Crippen LogP contribution in [0, 0.1) is 5.92 Å². The van der Waals surface area contributed by atoms with Crippen LogP contribution in [0.2, 0.25) is 0 Å². The van der Waals surface area contributed by atoms with Gasteiger partial charge < -0.3 is 15.0 Å². The van der Waals surface area contributed by atoms with E-state index in [9.17, 15) is 4.79 Å². The van der Waals surface area contributed by atoms with Crippen LogP contribution >= 0.6 is 0 Å². The Morgan fingerprint density at radius 2 is 2.33 bits per heavy atom. The molecule has 0 bridgehead atoms. The minimum absolute atomic E-state index is 0.0285. The van der Waals surface area contributed by atoms with Gasteiger partial charge in [0.2, 0.25) is 0 Å². The van der Waals surface area contributed by atoms with Gasteiger partial charge >= 0.3 is 0 Å². The number of piperidine rings is 1. The maximum Gasteiger partial charge on any atom is 0.268 e. The van der Waals surface area contributed by atoms with E-state index in [0.717, 1.165) is 31.9 Å².